The van der Waals surface area contributed by atoms with Gasteiger partial charge in [-0.2, -0.15) is 10.4 Å². The lowest BCUT2D eigenvalue weighted by molar-refractivity contribution is -0.130. The van der Waals surface area contributed by atoms with Gasteiger partial charge in [-0.25, -0.2) is 9.37 Å². The van der Waals surface area contributed by atoms with Crippen molar-refractivity contribution in [1.29, 1.82) is 5.26 Å². The summed E-state index contributed by atoms with van der Waals surface area (Å²) >= 11 is 7.12. The number of hydrogen-bond donors (Lipinski definition) is 0. The number of likely N-dealkylation sites (N-methyl/N-ethyl adjacent to an activating group) is 2. The molecule has 0 radical (unpaired) electrons. The number of aromatic nitrogens is 3. The van der Waals surface area contributed by atoms with Crippen molar-refractivity contribution in [3.63, 3.8) is 0 Å². The first kappa shape index (κ1) is 35.1. The fourth-order valence-corrected chi connectivity index (χ4v) is 8.25. The minimum absolute atomic E-state index is 0.0495. The van der Waals surface area contributed by atoms with Crippen molar-refractivity contribution >= 4 is 51.3 Å². The average Bonchev–Trinajstić information content (AvgIpc) is 3.72. The first-order valence-electron chi connectivity index (χ1n) is 17.6. The lowest BCUT2D eigenvalue weighted by atomic mass is 9.88. The van der Waals surface area contributed by atoms with E-state index < -0.39 is 5.82 Å². The van der Waals surface area contributed by atoms with Gasteiger partial charge in [-0.05, 0) is 90.1 Å². The van der Waals surface area contributed by atoms with Crippen LogP contribution in [0.1, 0.15) is 54.5 Å². The van der Waals surface area contributed by atoms with E-state index in [0.29, 0.717) is 54.3 Å². The van der Waals surface area contributed by atoms with E-state index in [4.69, 9.17) is 21.7 Å². The summed E-state index contributed by atoms with van der Waals surface area (Å²) < 4.78 is 19.3. The van der Waals surface area contributed by atoms with E-state index in [1.54, 1.807) is 11.0 Å². The third-order valence-corrected chi connectivity index (χ3v) is 11.5. The van der Waals surface area contributed by atoms with Crippen LogP contribution in [0.25, 0.3) is 32.9 Å². The minimum atomic E-state index is -0.465. The van der Waals surface area contributed by atoms with Crippen LogP contribution in [-0.4, -0.2) is 108 Å². The SMILES string of the molecule is Cc1cc2c(c(-c3c(Cl)cc4c(nc(N5CC(C)(N(C)C)C5)c5cnn([C@H]6CCN(C(=O)/C=C/CN(C)C)[C@H](CC#N)C6)c54)c3F)c1C)C=NC2. The second kappa shape index (κ2) is 13.3. The Morgan fingerprint density at radius 3 is 2.65 bits per heavy atom. The van der Waals surface area contributed by atoms with E-state index in [9.17, 15) is 10.1 Å². The standard InChI is InChI=1S/C39H45ClFN9O/c1-23-15-25-18-43-19-29(25)33(24(23)2)34-31(40)17-28-36(35(34)41)45-38(48-21-39(3,22-48)47(6)7)30-20-44-50(37(28)30)27-11-14-49(26(16-27)10-12-42)32(51)9-8-13-46(4)5/h8-9,15,17,19-20,26-27H,10-11,13-14,16,18,21-22H2,1-7H3/b9-8+/t26-,27+/m1/s1. The Balaban J connectivity index is 1.37. The fourth-order valence-electron chi connectivity index (χ4n) is 7.96. The molecule has 2 fully saturated rings. The monoisotopic (exact) mass is 709 g/mol. The van der Waals surface area contributed by atoms with Crippen LogP contribution in [0, 0.1) is 31.0 Å². The summed E-state index contributed by atoms with van der Waals surface area (Å²) in [6.45, 7) is 9.40. The van der Waals surface area contributed by atoms with E-state index in [1.807, 2.05) is 62.1 Å². The van der Waals surface area contributed by atoms with Crippen molar-refractivity contribution in [2.45, 2.75) is 64.2 Å². The molecule has 0 spiro atoms. The van der Waals surface area contributed by atoms with E-state index in [-0.39, 0.29) is 35.5 Å². The second-order valence-corrected chi connectivity index (χ2v) is 15.5. The molecule has 51 heavy (non-hydrogen) atoms. The maximum Gasteiger partial charge on any atom is 0.246 e. The van der Waals surface area contributed by atoms with Gasteiger partial charge in [0, 0.05) is 61.0 Å². The van der Waals surface area contributed by atoms with Crippen LogP contribution < -0.4 is 4.90 Å². The quantitative estimate of drug-likeness (QED) is 0.198. The summed E-state index contributed by atoms with van der Waals surface area (Å²) in [6, 6.07) is 5.85. The van der Waals surface area contributed by atoms with Gasteiger partial charge in [-0.1, -0.05) is 23.7 Å². The van der Waals surface area contributed by atoms with Gasteiger partial charge in [0.1, 0.15) is 11.3 Å². The van der Waals surface area contributed by atoms with Gasteiger partial charge >= 0.3 is 0 Å². The number of aliphatic imine (C=N–C) groups is 1. The summed E-state index contributed by atoms with van der Waals surface area (Å²) in [5.41, 5.74) is 6.02. The molecule has 0 N–H and O–H groups in total. The molecule has 7 rings (SSSR count). The molecule has 0 saturated carbocycles. The number of halogens is 2. The largest absolute Gasteiger partial charge is 0.352 e. The van der Waals surface area contributed by atoms with Crippen molar-refractivity contribution < 1.29 is 9.18 Å². The van der Waals surface area contributed by atoms with Crippen LogP contribution in [-0.2, 0) is 11.3 Å². The Kier molecular flexibility index (Phi) is 9.15. The number of piperidine rings is 1. The molecule has 0 unspecified atom stereocenters. The second-order valence-electron chi connectivity index (χ2n) is 15.1. The molecule has 0 aliphatic carbocycles. The summed E-state index contributed by atoms with van der Waals surface area (Å²) in [7, 11) is 8.05. The lowest BCUT2D eigenvalue weighted by Gasteiger charge is -2.52. The fraction of sp³-hybridized carbons (Fsp3) is 0.462. The highest BCUT2D eigenvalue weighted by Gasteiger charge is 2.43. The number of hydrogen-bond acceptors (Lipinski definition) is 8. The number of carbonyl (C=O) groups excluding carboxylic acids is 1. The number of fused-ring (bicyclic) bond motifs is 4. The van der Waals surface area contributed by atoms with Crippen molar-refractivity contribution in [2.75, 3.05) is 59.3 Å². The zero-order valence-corrected chi connectivity index (χ0v) is 31.2. The molecular formula is C39H45ClFN9O. The molecule has 3 aliphatic rings. The first-order valence-corrected chi connectivity index (χ1v) is 17.9. The highest BCUT2D eigenvalue weighted by atomic mass is 35.5. The van der Waals surface area contributed by atoms with Crippen LogP contribution in [0.15, 0.2) is 35.5 Å². The number of anilines is 1. The Morgan fingerprint density at radius 1 is 1.18 bits per heavy atom. The van der Waals surface area contributed by atoms with E-state index in [1.165, 1.54) is 0 Å². The van der Waals surface area contributed by atoms with Gasteiger partial charge in [-0.15, -0.1) is 0 Å². The van der Waals surface area contributed by atoms with Gasteiger partial charge in [0.2, 0.25) is 5.91 Å². The van der Waals surface area contributed by atoms with Crippen LogP contribution in [0.4, 0.5) is 10.2 Å². The molecule has 5 heterocycles. The van der Waals surface area contributed by atoms with E-state index in [0.717, 1.165) is 51.8 Å². The Hall–Kier alpha value is -4.37. The number of nitriles is 1. The first-order chi connectivity index (χ1) is 24.3. The molecule has 3 aliphatic heterocycles. The summed E-state index contributed by atoms with van der Waals surface area (Å²) in [5, 5.41) is 16.4. The molecule has 266 valence electrons. The summed E-state index contributed by atoms with van der Waals surface area (Å²) in [6.07, 6.45) is 8.49. The predicted octanol–water partition coefficient (Wildman–Crippen LogP) is 6.30. The molecule has 12 heteroatoms. The number of aryl methyl sites for hydroxylation is 1. The molecule has 2 atom stereocenters. The third kappa shape index (κ3) is 5.97. The minimum Gasteiger partial charge on any atom is -0.352 e. The van der Waals surface area contributed by atoms with Crippen molar-refractivity contribution in [2.24, 2.45) is 4.99 Å². The zero-order chi connectivity index (χ0) is 36.4. The van der Waals surface area contributed by atoms with Gasteiger partial charge in [0.05, 0.1) is 52.7 Å². The molecular weight excluding hydrogens is 665 g/mol. The smallest absolute Gasteiger partial charge is 0.246 e. The van der Waals surface area contributed by atoms with E-state index >= 15 is 4.39 Å². The molecule has 10 nitrogen and oxygen atoms in total. The van der Waals surface area contributed by atoms with Gasteiger partial charge in [-0.3, -0.25) is 14.5 Å². The highest BCUT2D eigenvalue weighted by molar-refractivity contribution is 6.35. The summed E-state index contributed by atoms with van der Waals surface area (Å²) in [5.74, 6) is 0.131. The van der Waals surface area contributed by atoms with Crippen LogP contribution in [0.5, 0.6) is 0 Å². The van der Waals surface area contributed by atoms with Gasteiger partial charge in [0.15, 0.2) is 5.82 Å². The molecule has 1 amide bonds. The number of amides is 1. The maximum atomic E-state index is 17.4. The number of likely N-dealkylation sites (tertiary alicyclic amines) is 1. The number of carbonyl (C=O) groups is 1. The molecule has 2 aromatic heterocycles. The normalized spacial score (nSPS) is 19.9. The maximum absolute atomic E-state index is 17.4. The molecule has 0 bridgehead atoms. The van der Waals surface area contributed by atoms with Crippen LogP contribution >= 0.6 is 11.6 Å². The average molecular weight is 710 g/mol. The van der Waals surface area contributed by atoms with Crippen LogP contribution in [0.3, 0.4) is 0 Å². The van der Waals surface area contributed by atoms with Crippen LogP contribution in [0.2, 0.25) is 5.02 Å². The Morgan fingerprint density at radius 2 is 1.94 bits per heavy atom. The third-order valence-electron chi connectivity index (χ3n) is 11.2. The van der Waals surface area contributed by atoms with Crippen molar-refractivity contribution in [3.8, 4) is 17.2 Å². The predicted molar refractivity (Wildman–Crippen MR) is 202 cm³/mol. The summed E-state index contributed by atoms with van der Waals surface area (Å²) in [4.78, 5) is 31.0. The molecule has 2 saturated heterocycles. The number of rotatable bonds is 8. The van der Waals surface area contributed by atoms with Gasteiger partial charge in [0.25, 0.3) is 0 Å². The zero-order valence-electron chi connectivity index (χ0n) is 30.5. The number of nitrogens with zero attached hydrogens (tertiary/aromatic N) is 9. The van der Waals surface area contributed by atoms with Gasteiger partial charge < -0.3 is 19.6 Å². The van der Waals surface area contributed by atoms with Crippen molar-refractivity contribution in [1.82, 2.24) is 29.5 Å². The molecule has 2 aromatic carbocycles. The van der Waals surface area contributed by atoms with Crippen molar-refractivity contribution in [3.05, 3.63) is 63.6 Å². The molecule has 4 aromatic rings. The topological polar surface area (TPSA) is 96.9 Å². The number of benzene rings is 2. The Labute approximate surface area is 303 Å². The highest BCUT2D eigenvalue weighted by Crippen LogP contribution is 2.45. The number of pyridine rings is 1. The van der Waals surface area contributed by atoms with E-state index in [2.05, 4.69) is 47.9 Å². The Bertz CT molecular complexity index is 2160. The lowest BCUT2D eigenvalue weighted by Crippen LogP contribution is -2.67.